The second-order valence-electron chi connectivity index (χ2n) is 4.27. The largest absolute Gasteiger partial charge is 0.373 e. The van der Waals surface area contributed by atoms with Crippen LogP contribution >= 0.6 is 0 Å². The molecule has 0 aliphatic carbocycles. The van der Waals surface area contributed by atoms with Crippen LogP contribution in [-0.4, -0.2) is 31.4 Å². The molecule has 0 saturated heterocycles. The molecule has 1 heterocycles. The molecule has 5 nitrogen and oxygen atoms in total. The fourth-order valence-corrected chi connectivity index (χ4v) is 2.00. The first-order valence-electron chi connectivity index (χ1n) is 6.03. The van der Waals surface area contributed by atoms with E-state index < -0.39 is 0 Å². The van der Waals surface area contributed by atoms with Crippen LogP contribution in [0.5, 0.6) is 0 Å². The average molecular weight is 247 g/mol. The lowest BCUT2D eigenvalue weighted by molar-refractivity contribution is -0.122. The van der Waals surface area contributed by atoms with Crippen LogP contribution in [0.25, 0.3) is 0 Å². The Morgan fingerprint density at radius 1 is 1.39 bits per heavy atom. The van der Waals surface area contributed by atoms with Gasteiger partial charge in [0.2, 0.25) is 11.8 Å². The summed E-state index contributed by atoms with van der Waals surface area (Å²) in [5, 5.41) is 8.45. The smallest absolute Gasteiger partial charge is 0.242 e. The van der Waals surface area contributed by atoms with Crippen LogP contribution in [-0.2, 0) is 16.0 Å². The maximum atomic E-state index is 11.9. The number of hydrogen-bond donors (Lipinski definition) is 3. The number of rotatable bonds is 4. The summed E-state index contributed by atoms with van der Waals surface area (Å²) in [5.74, 6) is -0.131. The highest BCUT2D eigenvalue weighted by Gasteiger charge is 2.25. The Morgan fingerprint density at radius 2 is 2.17 bits per heavy atom. The molecule has 18 heavy (non-hydrogen) atoms. The van der Waals surface area contributed by atoms with Crippen molar-refractivity contribution in [3.8, 4) is 0 Å². The first-order valence-corrected chi connectivity index (χ1v) is 6.03. The highest BCUT2D eigenvalue weighted by molar-refractivity contribution is 5.87. The predicted octanol–water partition coefficient (Wildman–Crippen LogP) is 0.276. The molecule has 0 bridgehead atoms. The average Bonchev–Trinajstić information content (AvgIpc) is 2.82. The quantitative estimate of drug-likeness (QED) is 0.715. The van der Waals surface area contributed by atoms with E-state index in [9.17, 15) is 9.59 Å². The number of hydrogen-bond acceptors (Lipinski definition) is 3. The lowest BCUT2D eigenvalue weighted by Gasteiger charge is -2.11. The van der Waals surface area contributed by atoms with Gasteiger partial charge in [-0.1, -0.05) is 18.2 Å². The van der Waals surface area contributed by atoms with Crippen molar-refractivity contribution in [3.05, 3.63) is 29.8 Å². The van der Waals surface area contributed by atoms with Crippen LogP contribution in [0.4, 0.5) is 5.69 Å². The summed E-state index contributed by atoms with van der Waals surface area (Å²) in [7, 11) is 1.58. The Bertz CT molecular complexity index is 434. The highest BCUT2D eigenvalue weighted by atomic mass is 16.2. The number of amides is 2. The summed E-state index contributed by atoms with van der Waals surface area (Å²) >= 11 is 0. The molecule has 0 radical (unpaired) electrons. The van der Waals surface area contributed by atoms with Gasteiger partial charge in [-0.05, 0) is 11.6 Å². The minimum Gasteiger partial charge on any atom is -0.373 e. The van der Waals surface area contributed by atoms with Crippen molar-refractivity contribution in [2.45, 2.75) is 18.9 Å². The molecule has 1 aromatic rings. The number of nitrogens with one attached hydrogen (secondary N) is 3. The molecule has 1 aliphatic heterocycles. The maximum absolute atomic E-state index is 11.9. The molecule has 3 N–H and O–H groups in total. The van der Waals surface area contributed by atoms with Crippen LogP contribution in [0, 0.1) is 0 Å². The Balaban J connectivity index is 1.81. The summed E-state index contributed by atoms with van der Waals surface area (Å²) in [5.41, 5.74) is 2.17. The van der Waals surface area contributed by atoms with E-state index in [2.05, 4.69) is 16.0 Å². The normalized spacial score (nSPS) is 16.6. The van der Waals surface area contributed by atoms with Crippen molar-refractivity contribution in [1.82, 2.24) is 10.6 Å². The standard InChI is InChI=1S/C13H17N3O2/c1-14-12(17)6-7-15-13(18)11-8-9-4-2-3-5-10(9)16-11/h2-5,11,16H,6-8H2,1H3,(H,14,17)(H,15,18). The predicted molar refractivity (Wildman–Crippen MR) is 69.3 cm³/mol. The van der Waals surface area contributed by atoms with E-state index in [1.54, 1.807) is 7.05 Å². The summed E-state index contributed by atoms with van der Waals surface area (Å²) < 4.78 is 0. The molecular formula is C13H17N3O2. The summed E-state index contributed by atoms with van der Waals surface area (Å²) in [6.45, 7) is 0.368. The van der Waals surface area contributed by atoms with Crippen molar-refractivity contribution >= 4 is 17.5 Å². The Kier molecular flexibility index (Phi) is 3.82. The molecule has 96 valence electrons. The zero-order chi connectivity index (χ0) is 13.0. The van der Waals surface area contributed by atoms with Crippen molar-refractivity contribution in [1.29, 1.82) is 0 Å². The van der Waals surface area contributed by atoms with Gasteiger partial charge in [0, 0.05) is 32.1 Å². The molecule has 1 aromatic carbocycles. The Morgan fingerprint density at radius 3 is 2.89 bits per heavy atom. The first-order chi connectivity index (χ1) is 8.70. The second-order valence-corrected chi connectivity index (χ2v) is 4.27. The van der Waals surface area contributed by atoms with Crippen LogP contribution in [0.2, 0.25) is 0 Å². The van der Waals surface area contributed by atoms with E-state index in [-0.39, 0.29) is 17.9 Å². The van der Waals surface area contributed by atoms with Gasteiger partial charge in [-0.2, -0.15) is 0 Å². The molecule has 0 spiro atoms. The molecule has 0 fully saturated rings. The van der Waals surface area contributed by atoms with Crippen LogP contribution in [0.1, 0.15) is 12.0 Å². The number of fused-ring (bicyclic) bond motifs is 1. The summed E-state index contributed by atoms with van der Waals surface area (Å²) in [6, 6.07) is 7.66. The van der Waals surface area contributed by atoms with Crippen LogP contribution < -0.4 is 16.0 Å². The third-order valence-electron chi connectivity index (χ3n) is 3.02. The fraction of sp³-hybridized carbons (Fsp3) is 0.385. The first kappa shape index (κ1) is 12.4. The van der Waals surface area contributed by atoms with Gasteiger partial charge in [-0.25, -0.2) is 0 Å². The Hall–Kier alpha value is -2.04. The van der Waals surface area contributed by atoms with Crippen molar-refractivity contribution in [3.63, 3.8) is 0 Å². The van der Waals surface area contributed by atoms with Gasteiger partial charge in [0.25, 0.3) is 0 Å². The van der Waals surface area contributed by atoms with Crippen molar-refractivity contribution in [2.75, 3.05) is 18.9 Å². The molecule has 0 saturated carbocycles. The number of carbonyl (C=O) groups is 2. The zero-order valence-corrected chi connectivity index (χ0v) is 10.3. The molecule has 1 unspecified atom stereocenters. The third-order valence-corrected chi connectivity index (χ3v) is 3.02. The number of anilines is 1. The van der Waals surface area contributed by atoms with Gasteiger partial charge < -0.3 is 16.0 Å². The molecule has 2 amide bonds. The van der Waals surface area contributed by atoms with E-state index in [4.69, 9.17) is 0 Å². The Labute approximate surface area is 106 Å². The van der Waals surface area contributed by atoms with E-state index in [1.807, 2.05) is 24.3 Å². The molecular weight excluding hydrogens is 230 g/mol. The van der Waals surface area contributed by atoms with Gasteiger partial charge in [-0.15, -0.1) is 0 Å². The van der Waals surface area contributed by atoms with Crippen molar-refractivity contribution in [2.24, 2.45) is 0 Å². The molecule has 1 atom stereocenters. The number of benzene rings is 1. The van der Waals surface area contributed by atoms with Crippen molar-refractivity contribution < 1.29 is 9.59 Å². The SMILES string of the molecule is CNC(=O)CCNC(=O)C1Cc2ccccc2N1. The lowest BCUT2D eigenvalue weighted by atomic mass is 10.1. The van der Waals surface area contributed by atoms with E-state index in [0.29, 0.717) is 19.4 Å². The van der Waals surface area contributed by atoms with Gasteiger partial charge in [0.05, 0.1) is 0 Å². The molecule has 5 heteroatoms. The van der Waals surface area contributed by atoms with Gasteiger partial charge in [-0.3, -0.25) is 9.59 Å². The van der Waals surface area contributed by atoms with Gasteiger partial charge in [0.1, 0.15) is 6.04 Å². The minimum absolute atomic E-state index is 0.0601. The molecule has 0 aromatic heterocycles. The maximum Gasteiger partial charge on any atom is 0.242 e. The zero-order valence-electron chi connectivity index (χ0n) is 10.3. The molecule has 2 rings (SSSR count). The summed E-state index contributed by atoms with van der Waals surface area (Å²) in [4.78, 5) is 22.9. The topological polar surface area (TPSA) is 70.2 Å². The van der Waals surface area contributed by atoms with Crippen LogP contribution in [0.3, 0.4) is 0 Å². The van der Waals surface area contributed by atoms with Gasteiger partial charge >= 0.3 is 0 Å². The second kappa shape index (κ2) is 5.53. The highest BCUT2D eigenvalue weighted by Crippen LogP contribution is 2.24. The van der Waals surface area contributed by atoms with E-state index >= 15 is 0 Å². The fourth-order valence-electron chi connectivity index (χ4n) is 2.00. The van der Waals surface area contributed by atoms with E-state index in [1.165, 1.54) is 0 Å². The van der Waals surface area contributed by atoms with E-state index in [0.717, 1.165) is 11.3 Å². The number of para-hydroxylation sites is 1. The lowest BCUT2D eigenvalue weighted by Crippen LogP contribution is -2.39. The minimum atomic E-state index is -0.230. The number of carbonyl (C=O) groups excluding carboxylic acids is 2. The monoisotopic (exact) mass is 247 g/mol. The third kappa shape index (κ3) is 2.80. The summed E-state index contributed by atoms with van der Waals surface area (Å²) in [6.07, 6.45) is 1.00. The molecule has 1 aliphatic rings. The van der Waals surface area contributed by atoms with Gasteiger partial charge in [0.15, 0.2) is 0 Å². The van der Waals surface area contributed by atoms with Crippen LogP contribution in [0.15, 0.2) is 24.3 Å².